The van der Waals surface area contributed by atoms with Crippen LogP contribution in [0, 0.1) is 10.1 Å². The van der Waals surface area contributed by atoms with E-state index >= 15 is 0 Å². The van der Waals surface area contributed by atoms with Crippen molar-refractivity contribution in [3.63, 3.8) is 0 Å². The van der Waals surface area contributed by atoms with Crippen LogP contribution in [-0.4, -0.2) is 21.0 Å². The van der Waals surface area contributed by atoms with Crippen LogP contribution in [0.15, 0.2) is 10.4 Å². The Bertz CT molecular complexity index is 194. The van der Waals surface area contributed by atoms with Crippen LogP contribution in [0.25, 0.3) is 0 Å². The van der Waals surface area contributed by atoms with Gasteiger partial charge in [0.05, 0.1) is 4.92 Å². The first kappa shape index (κ1) is 8.89. The Hall–Kier alpha value is -0.200. The van der Waals surface area contributed by atoms with Gasteiger partial charge in [0, 0.05) is 12.2 Å². The van der Waals surface area contributed by atoms with Crippen molar-refractivity contribution in [2.24, 2.45) is 0 Å². The number of rotatable bonds is 1. The fourth-order valence-corrected chi connectivity index (χ4v) is 3.38. The molecule has 6 heteroatoms. The van der Waals surface area contributed by atoms with E-state index in [0.29, 0.717) is 9.99 Å². The summed E-state index contributed by atoms with van der Waals surface area (Å²) in [5.41, 5.74) is 0. The Morgan fingerprint density at radius 3 is 3.00 bits per heavy atom. The maximum absolute atomic E-state index is 11.0. The Morgan fingerprint density at radius 1 is 1.73 bits per heavy atom. The zero-order valence-corrected chi connectivity index (χ0v) is 7.32. The number of thioether (sulfide) groups is 1. The average Bonchev–Trinajstić information content (AvgIpc) is 1.93. The molecular formula is C5H7NO3S2. The van der Waals surface area contributed by atoms with E-state index in [9.17, 15) is 14.7 Å². The van der Waals surface area contributed by atoms with Crippen LogP contribution in [0.3, 0.4) is 0 Å². The van der Waals surface area contributed by atoms with Gasteiger partial charge in [-0.1, -0.05) is 11.8 Å². The molecule has 0 spiro atoms. The second-order valence-corrected chi connectivity index (χ2v) is 4.92. The minimum atomic E-state index is -1.12. The quantitative estimate of drug-likeness (QED) is 0.353. The van der Waals surface area contributed by atoms with E-state index in [1.807, 2.05) is 0 Å². The van der Waals surface area contributed by atoms with Crippen molar-refractivity contribution in [1.82, 2.24) is 0 Å². The van der Waals surface area contributed by atoms with Gasteiger partial charge in [0.1, 0.15) is 5.75 Å². The van der Waals surface area contributed by atoms with E-state index in [1.54, 1.807) is 0 Å². The van der Waals surface area contributed by atoms with Crippen molar-refractivity contribution >= 4 is 22.9 Å². The summed E-state index contributed by atoms with van der Waals surface area (Å²) in [5.74, 6) is 1.40. The lowest BCUT2D eigenvalue weighted by molar-refractivity contribution is -0.402. The van der Waals surface area contributed by atoms with Crippen LogP contribution in [-0.2, 0) is 11.2 Å². The second kappa shape index (κ2) is 3.99. The molecule has 1 aliphatic heterocycles. The Balaban J connectivity index is 2.60. The molecular weight excluding hydrogens is 186 g/mol. The number of nitro groups is 1. The summed E-state index contributed by atoms with van der Waals surface area (Å²) >= 11 is 0.203. The third-order valence-electron chi connectivity index (χ3n) is 1.15. The zero-order valence-electron chi connectivity index (χ0n) is 5.69. The lowest BCUT2D eigenvalue weighted by Crippen LogP contribution is -2.14. The molecule has 1 saturated heterocycles. The molecule has 0 aromatic carbocycles. The van der Waals surface area contributed by atoms with Gasteiger partial charge in [-0.25, -0.2) is 0 Å². The third-order valence-corrected chi connectivity index (χ3v) is 4.16. The maximum Gasteiger partial charge on any atom is 0.295 e. The molecule has 0 amide bonds. The monoisotopic (exact) mass is 193 g/mol. The molecule has 1 rings (SSSR count). The summed E-state index contributed by atoms with van der Waals surface area (Å²) in [4.78, 5) is 9.44. The minimum Gasteiger partial charge on any atom is -0.611 e. The maximum atomic E-state index is 11.0. The van der Waals surface area contributed by atoms with Crippen molar-refractivity contribution < 1.29 is 9.48 Å². The lowest BCUT2D eigenvalue weighted by Gasteiger charge is -2.15. The smallest absolute Gasteiger partial charge is 0.295 e. The van der Waals surface area contributed by atoms with Gasteiger partial charge in [0.2, 0.25) is 0 Å². The largest absolute Gasteiger partial charge is 0.611 e. The predicted octanol–water partition coefficient (Wildman–Crippen LogP) is 0.948. The summed E-state index contributed by atoms with van der Waals surface area (Å²) in [6.45, 7) is 0. The molecule has 1 fully saturated rings. The number of hydrogen-bond donors (Lipinski definition) is 0. The van der Waals surface area contributed by atoms with Crippen molar-refractivity contribution in [3.05, 3.63) is 20.6 Å². The summed E-state index contributed by atoms with van der Waals surface area (Å²) in [6.07, 6.45) is 1.73. The molecule has 1 atom stereocenters. The predicted molar refractivity (Wildman–Crippen MR) is 45.2 cm³/mol. The molecule has 11 heavy (non-hydrogen) atoms. The Kier molecular flexibility index (Phi) is 3.22. The van der Waals surface area contributed by atoms with Crippen LogP contribution in [0.2, 0.25) is 0 Å². The van der Waals surface area contributed by atoms with Gasteiger partial charge in [-0.3, -0.25) is 10.1 Å². The van der Waals surface area contributed by atoms with E-state index in [-0.39, 0.29) is 0 Å². The number of hydrogen-bond acceptors (Lipinski definition) is 4. The lowest BCUT2D eigenvalue weighted by atomic mass is 10.6. The highest BCUT2D eigenvalue weighted by molar-refractivity contribution is 8.19. The molecule has 1 aliphatic rings. The van der Waals surface area contributed by atoms with Gasteiger partial charge in [-0.15, -0.1) is 0 Å². The second-order valence-electron chi connectivity index (χ2n) is 1.99. The zero-order chi connectivity index (χ0) is 8.27. The first-order chi connectivity index (χ1) is 5.20. The van der Waals surface area contributed by atoms with E-state index in [2.05, 4.69) is 0 Å². The molecule has 0 saturated carbocycles. The number of nitrogens with zero attached hydrogens (tertiary/aromatic N) is 1. The fourth-order valence-electron chi connectivity index (χ4n) is 0.711. The summed E-state index contributed by atoms with van der Waals surface area (Å²) in [5, 5.41) is 9.99. The molecule has 62 valence electrons. The third kappa shape index (κ3) is 2.72. The fraction of sp³-hybridized carbons (Fsp3) is 0.600. The SMILES string of the molecule is O=[N+]([O-])C=C1SCCC[S+]1[O-]. The molecule has 0 aromatic heterocycles. The van der Waals surface area contributed by atoms with Crippen LogP contribution in [0.4, 0.5) is 0 Å². The van der Waals surface area contributed by atoms with Gasteiger partial charge >= 0.3 is 0 Å². The first-order valence-corrected chi connectivity index (χ1v) is 5.37. The van der Waals surface area contributed by atoms with Crippen molar-refractivity contribution in [1.29, 1.82) is 0 Å². The highest BCUT2D eigenvalue weighted by Gasteiger charge is 2.23. The average molecular weight is 193 g/mol. The van der Waals surface area contributed by atoms with E-state index in [1.165, 1.54) is 11.8 Å². The Labute approximate surface area is 71.4 Å². The highest BCUT2D eigenvalue weighted by Crippen LogP contribution is 2.28. The van der Waals surface area contributed by atoms with Gasteiger partial charge in [0.25, 0.3) is 10.4 Å². The summed E-state index contributed by atoms with van der Waals surface area (Å²) in [6, 6.07) is 0. The normalized spacial score (nSPS) is 28.8. The van der Waals surface area contributed by atoms with Gasteiger partial charge in [-0.2, -0.15) is 0 Å². The van der Waals surface area contributed by atoms with Crippen molar-refractivity contribution in [2.45, 2.75) is 6.42 Å². The van der Waals surface area contributed by atoms with Gasteiger partial charge in [-0.05, 0) is 11.2 Å². The minimum absolute atomic E-state index is 0.404. The molecule has 0 N–H and O–H groups in total. The topological polar surface area (TPSA) is 66.2 Å². The molecule has 0 aliphatic carbocycles. The van der Waals surface area contributed by atoms with Crippen LogP contribution in [0.1, 0.15) is 6.42 Å². The highest BCUT2D eigenvalue weighted by atomic mass is 32.3. The van der Waals surface area contributed by atoms with Crippen LogP contribution >= 0.6 is 11.8 Å². The van der Waals surface area contributed by atoms with E-state index in [0.717, 1.165) is 18.4 Å². The van der Waals surface area contributed by atoms with Crippen molar-refractivity contribution in [2.75, 3.05) is 11.5 Å². The molecule has 0 bridgehead atoms. The molecule has 0 aromatic rings. The standard InChI is InChI=1S/C5H7NO3S2/c7-6(8)4-5-10-2-1-3-11(5)9/h4H,1-3H2. The van der Waals surface area contributed by atoms with Gasteiger partial charge in [0.15, 0.2) is 0 Å². The summed E-state index contributed by atoms with van der Waals surface area (Å²) < 4.78 is 11.5. The van der Waals surface area contributed by atoms with Crippen molar-refractivity contribution in [3.8, 4) is 0 Å². The van der Waals surface area contributed by atoms with Crippen LogP contribution in [0.5, 0.6) is 0 Å². The molecule has 1 heterocycles. The summed E-state index contributed by atoms with van der Waals surface area (Å²) in [7, 11) is 0. The van der Waals surface area contributed by atoms with E-state index in [4.69, 9.17) is 0 Å². The molecule has 1 unspecified atom stereocenters. The molecule has 0 radical (unpaired) electrons. The van der Waals surface area contributed by atoms with E-state index < -0.39 is 16.1 Å². The Morgan fingerprint density at radius 2 is 2.45 bits per heavy atom. The molecule has 4 nitrogen and oxygen atoms in total. The van der Waals surface area contributed by atoms with Gasteiger partial charge < -0.3 is 4.55 Å². The first-order valence-electron chi connectivity index (χ1n) is 3.06. The van der Waals surface area contributed by atoms with Crippen LogP contribution < -0.4 is 0 Å².